The van der Waals surface area contributed by atoms with Gasteiger partial charge in [0.05, 0.1) is 35.7 Å². The van der Waals surface area contributed by atoms with Gasteiger partial charge in [0.15, 0.2) is 5.03 Å². The van der Waals surface area contributed by atoms with Crippen LogP contribution in [0.5, 0.6) is 0 Å². The number of rotatable bonds is 8. The molecule has 2 unspecified atom stereocenters. The molecular weight excluding hydrogens is 615 g/mol. The maximum atomic E-state index is 14.3. The van der Waals surface area contributed by atoms with Gasteiger partial charge >= 0.3 is 0 Å². The number of nitrogens with one attached hydrogen (secondary N) is 1. The van der Waals surface area contributed by atoms with E-state index < -0.39 is 39.0 Å². The topological polar surface area (TPSA) is 149 Å². The van der Waals surface area contributed by atoms with Crippen LogP contribution < -0.4 is 10.2 Å². The van der Waals surface area contributed by atoms with Gasteiger partial charge < -0.3 is 10.4 Å². The zero-order chi connectivity index (χ0) is 31.3. The summed E-state index contributed by atoms with van der Waals surface area (Å²) < 4.78 is 31.2. The van der Waals surface area contributed by atoms with Gasteiger partial charge in [-0.1, -0.05) is 35.3 Å². The summed E-state index contributed by atoms with van der Waals surface area (Å²) in [6, 6.07) is 12.3. The van der Waals surface area contributed by atoms with E-state index in [1.54, 1.807) is 45.0 Å². The molecule has 0 spiro atoms. The van der Waals surface area contributed by atoms with Gasteiger partial charge in [0.1, 0.15) is 11.6 Å². The van der Waals surface area contributed by atoms with Crippen molar-refractivity contribution in [2.45, 2.75) is 62.2 Å². The Kier molecular flexibility index (Phi) is 8.09. The number of hydrogen-bond acceptors (Lipinski definition) is 7. The monoisotopic (exact) mass is 644 g/mol. The zero-order valence-corrected chi connectivity index (χ0v) is 26.0. The quantitative estimate of drug-likeness (QED) is 0.379. The Labute approximate surface area is 259 Å². The number of fused-ring (bicyclic) bond motifs is 1. The third-order valence-corrected chi connectivity index (χ3v) is 10.0. The Hall–Kier alpha value is -3.47. The Morgan fingerprint density at radius 2 is 1.86 bits per heavy atom. The standard InChI is InChI=1S/C29H30Cl2N6O5S/c1-28(2,17-38)34-25(39)23-5-4-10-35(23)43(41,42)24-16-33-27-36(22-12-20(30)11-21(31)13-22)26(40)29(3,37(24)27)14-18-6-8-19(15-32)9-7-18/h6-9,11-13,16,23,38H,4-5,10,14,17H2,1-3H3,(H,34,39). The fourth-order valence-electron chi connectivity index (χ4n) is 5.57. The van der Waals surface area contributed by atoms with Gasteiger partial charge in [-0.2, -0.15) is 9.57 Å². The van der Waals surface area contributed by atoms with Crippen LogP contribution in [0.4, 0.5) is 11.6 Å². The average molecular weight is 646 g/mol. The van der Waals surface area contributed by atoms with Gasteiger partial charge in [0.25, 0.3) is 15.9 Å². The zero-order valence-electron chi connectivity index (χ0n) is 23.7. The Morgan fingerprint density at radius 3 is 2.47 bits per heavy atom. The lowest BCUT2D eigenvalue weighted by atomic mass is 9.91. The van der Waals surface area contributed by atoms with Crippen molar-refractivity contribution < 1.29 is 23.1 Å². The number of aliphatic hydroxyl groups is 1. The minimum Gasteiger partial charge on any atom is -0.394 e. The second kappa shape index (κ2) is 11.2. The van der Waals surface area contributed by atoms with Crippen molar-refractivity contribution in [1.82, 2.24) is 19.2 Å². The van der Waals surface area contributed by atoms with Gasteiger partial charge in [-0.3, -0.25) is 14.2 Å². The number of carbonyl (C=O) groups is 2. The summed E-state index contributed by atoms with van der Waals surface area (Å²) in [5, 5.41) is 21.9. The number of carbonyl (C=O) groups excluding carboxylic acids is 2. The molecule has 1 saturated heterocycles. The van der Waals surface area contributed by atoms with Crippen molar-refractivity contribution in [2.24, 2.45) is 0 Å². The van der Waals surface area contributed by atoms with Crippen LogP contribution in [-0.2, 0) is 31.6 Å². The molecule has 3 heterocycles. The molecule has 0 aliphatic carbocycles. The molecule has 14 heteroatoms. The molecule has 0 bridgehead atoms. The molecule has 2 aliphatic heterocycles. The number of aliphatic hydroxyl groups excluding tert-OH is 1. The van der Waals surface area contributed by atoms with E-state index in [-0.39, 0.29) is 40.6 Å². The van der Waals surface area contributed by atoms with Gasteiger partial charge in [-0.15, -0.1) is 0 Å². The van der Waals surface area contributed by atoms with E-state index in [9.17, 15) is 28.4 Å². The lowest BCUT2D eigenvalue weighted by Gasteiger charge is -2.30. The molecule has 5 rings (SSSR count). The maximum Gasteiger partial charge on any atom is 0.261 e. The van der Waals surface area contributed by atoms with E-state index >= 15 is 0 Å². The number of nitrogens with zero attached hydrogens (tertiary/aromatic N) is 5. The highest BCUT2D eigenvalue weighted by molar-refractivity contribution is 7.89. The lowest BCUT2D eigenvalue weighted by molar-refractivity contribution is -0.126. The summed E-state index contributed by atoms with van der Waals surface area (Å²) in [5.41, 5.74) is -0.984. The Balaban J connectivity index is 1.63. The molecular formula is C29H30Cl2N6O5S. The van der Waals surface area contributed by atoms with E-state index in [0.29, 0.717) is 29.7 Å². The molecule has 2 aromatic carbocycles. The van der Waals surface area contributed by atoms with Crippen LogP contribution in [0, 0.1) is 11.3 Å². The van der Waals surface area contributed by atoms with Crippen LogP contribution in [0.25, 0.3) is 0 Å². The first-order valence-electron chi connectivity index (χ1n) is 13.5. The number of imidazole rings is 1. The highest BCUT2D eigenvalue weighted by Crippen LogP contribution is 2.45. The molecule has 1 fully saturated rings. The van der Waals surface area contributed by atoms with Crippen molar-refractivity contribution >= 4 is 56.7 Å². The Morgan fingerprint density at radius 1 is 1.21 bits per heavy atom. The van der Waals surface area contributed by atoms with E-state index in [2.05, 4.69) is 16.4 Å². The van der Waals surface area contributed by atoms with Crippen molar-refractivity contribution in [2.75, 3.05) is 18.1 Å². The van der Waals surface area contributed by atoms with E-state index in [1.807, 2.05) is 0 Å². The van der Waals surface area contributed by atoms with Crippen molar-refractivity contribution in [1.29, 1.82) is 5.26 Å². The van der Waals surface area contributed by atoms with Crippen molar-refractivity contribution in [3.8, 4) is 6.07 Å². The molecule has 2 aliphatic rings. The first kappa shape index (κ1) is 31.0. The van der Waals surface area contributed by atoms with Crippen molar-refractivity contribution in [3.63, 3.8) is 0 Å². The van der Waals surface area contributed by atoms with E-state index in [1.165, 1.54) is 33.9 Å². The molecule has 2 atom stereocenters. The molecule has 2 amide bonds. The largest absolute Gasteiger partial charge is 0.394 e. The van der Waals surface area contributed by atoms with Crippen molar-refractivity contribution in [3.05, 3.63) is 69.8 Å². The third-order valence-electron chi connectivity index (χ3n) is 7.74. The average Bonchev–Trinajstić information content (AvgIpc) is 3.66. The van der Waals surface area contributed by atoms with Crippen LogP contribution >= 0.6 is 23.2 Å². The number of nitriles is 1. The predicted molar refractivity (Wildman–Crippen MR) is 161 cm³/mol. The molecule has 1 aromatic heterocycles. The van der Waals surface area contributed by atoms with Crippen LogP contribution in [-0.4, -0.2) is 63.9 Å². The SMILES string of the molecule is CC(C)(CO)NC(=O)C1CCCN1S(=O)(=O)c1cnc2n1C(C)(Cc1ccc(C#N)cc1)C(=O)N2c1cc(Cl)cc(Cl)c1. The molecule has 0 radical (unpaired) electrons. The molecule has 11 nitrogen and oxygen atoms in total. The maximum absolute atomic E-state index is 14.3. The number of amides is 2. The minimum absolute atomic E-state index is 0.0552. The minimum atomic E-state index is -4.36. The second-order valence-electron chi connectivity index (χ2n) is 11.6. The smallest absolute Gasteiger partial charge is 0.261 e. The van der Waals surface area contributed by atoms with Gasteiger partial charge in [0, 0.05) is 23.0 Å². The molecule has 3 aromatic rings. The van der Waals surface area contributed by atoms with Gasteiger partial charge in [-0.25, -0.2) is 18.3 Å². The van der Waals surface area contributed by atoms with Gasteiger partial charge in [0.2, 0.25) is 11.9 Å². The number of hydrogen-bond donors (Lipinski definition) is 2. The molecule has 2 N–H and O–H groups in total. The second-order valence-corrected chi connectivity index (χ2v) is 14.3. The molecule has 43 heavy (non-hydrogen) atoms. The third kappa shape index (κ3) is 5.52. The first-order chi connectivity index (χ1) is 20.2. The summed E-state index contributed by atoms with van der Waals surface area (Å²) in [7, 11) is -4.36. The summed E-state index contributed by atoms with van der Waals surface area (Å²) in [5.74, 6) is -0.928. The summed E-state index contributed by atoms with van der Waals surface area (Å²) in [4.78, 5) is 33.2. The van der Waals surface area contributed by atoms with Crippen LogP contribution in [0.3, 0.4) is 0 Å². The summed E-state index contributed by atoms with van der Waals surface area (Å²) in [6.45, 7) is 4.67. The lowest BCUT2D eigenvalue weighted by Crippen LogP contribution is -2.54. The summed E-state index contributed by atoms with van der Waals surface area (Å²) >= 11 is 12.5. The predicted octanol–water partition coefficient (Wildman–Crippen LogP) is 3.74. The fraction of sp³-hybridized carbons (Fsp3) is 0.379. The molecule has 0 saturated carbocycles. The first-order valence-corrected chi connectivity index (χ1v) is 15.7. The summed E-state index contributed by atoms with van der Waals surface area (Å²) in [6.07, 6.45) is 2.01. The number of sulfonamides is 1. The fourth-order valence-corrected chi connectivity index (χ4v) is 7.93. The van der Waals surface area contributed by atoms with Crippen LogP contribution in [0.1, 0.15) is 44.7 Å². The van der Waals surface area contributed by atoms with E-state index in [4.69, 9.17) is 23.2 Å². The highest BCUT2D eigenvalue weighted by atomic mass is 35.5. The Bertz CT molecular complexity index is 1730. The van der Waals surface area contributed by atoms with E-state index in [0.717, 1.165) is 4.31 Å². The number of benzene rings is 2. The van der Waals surface area contributed by atoms with Crippen LogP contribution in [0.2, 0.25) is 10.0 Å². The molecule has 226 valence electrons. The number of anilines is 2. The normalized spacial score (nSPS) is 20.7. The highest BCUT2D eigenvalue weighted by Gasteiger charge is 2.53. The van der Waals surface area contributed by atoms with Crippen LogP contribution in [0.15, 0.2) is 53.7 Å². The number of aromatic nitrogens is 2. The number of halogens is 2. The van der Waals surface area contributed by atoms with Gasteiger partial charge in [-0.05, 0) is 69.5 Å².